The third kappa shape index (κ3) is 2.77. The summed E-state index contributed by atoms with van der Waals surface area (Å²) in [5.41, 5.74) is 3.42. The standard InChI is InChI=1S/C20H18N4O4/c1-9-17-13(8-14(11-3-4-11)23-20(17)28-24-9)19(26)21-12-5-6-16-15(7-12)22-18(25)10(2)27-16/h5-8,10-11H,3-4H2,1-2H3,(H,21,26)(H,22,25)/t10-/m0/s1. The summed E-state index contributed by atoms with van der Waals surface area (Å²) in [7, 11) is 0. The van der Waals surface area contributed by atoms with Crippen molar-refractivity contribution in [2.75, 3.05) is 10.6 Å². The van der Waals surface area contributed by atoms with Crippen LogP contribution in [-0.4, -0.2) is 28.1 Å². The molecule has 3 heterocycles. The third-order valence-electron chi connectivity index (χ3n) is 5.05. The van der Waals surface area contributed by atoms with Crippen LogP contribution in [0, 0.1) is 6.92 Å². The molecule has 1 saturated carbocycles. The van der Waals surface area contributed by atoms with E-state index in [1.165, 1.54) is 0 Å². The first kappa shape index (κ1) is 16.7. The molecule has 5 rings (SSSR count). The Balaban J connectivity index is 1.48. The van der Waals surface area contributed by atoms with Crippen molar-refractivity contribution in [3.63, 3.8) is 0 Å². The second kappa shape index (κ2) is 6.05. The summed E-state index contributed by atoms with van der Waals surface area (Å²) >= 11 is 0. The Kier molecular flexibility index (Phi) is 3.61. The van der Waals surface area contributed by atoms with Gasteiger partial charge in [-0.3, -0.25) is 9.59 Å². The number of ether oxygens (including phenoxy) is 1. The van der Waals surface area contributed by atoms with Gasteiger partial charge in [0.05, 0.1) is 22.3 Å². The number of hydrogen-bond donors (Lipinski definition) is 2. The minimum Gasteiger partial charge on any atom is -0.479 e. The molecule has 0 bridgehead atoms. The van der Waals surface area contributed by atoms with Crippen LogP contribution in [0.15, 0.2) is 28.8 Å². The summed E-state index contributed by atoms with van der Waals surface area (Å²) in [6.45, 7) is 3.47. The third-order valence-corrected chi connectivity index (χ3v) is 5.05. The van der Waals surface area contributed by atoms with Crippen LogP contribution in [-0.2, 0) is 4.79 Å². The van der Waals surface area contributed by atoms with Crippen molar-refractivity contribution >= 4 is 34.3 Å². The van der Waals surface area contributed by atoms with Crippen LogP contribution in [0.4, 0.5) is 11.4 Å². The Morgan fingerprint density at radius 1 is 1.29 bits per heavy atom. The maximum absolute atomic E-state index is 13.0. The Labute approximate surface area is 160 Å². The fraction of sp³-hybridized carbons (Fsp3) is 0.300. The Morgan fingerprint density at radius 2 is 2.11 bits per heavy atom. The molecule has 1 aliphatic carbocycles. The van der Waals surface area contributed by atoms with Gasteiger partial charge in [-0.05, 0) is 51.0 Å². The summed E-state index contributed by atoms with van der Waals surface area (Å²) < 4.78 is 10.8. The van der Waals surface area contributed by atoms with Crippen molar-refractivity contribution in [2.45, 2.75) is 38.7 Å². The number of aromatic nitrogens is 2. The van der Waals surface area contributed by atoms with Crippen LogP contribution < -0.4 is 15.4 Å². The first-order valence-electron chi connectivity index (χ1n) is 9.19. The fourth-order valence-corrected chi connectivity index (χ4v) is 3.37. The summed E-state index contributed by atoms with van der Waals surface area (Å²) in [4.78, 5) is 29.4. The highest BCUT2D eigenvalue weighted by Crippen LogP contribution is 2.40. The number of carbonyl (C=O) groups excluding carboxylic acids is 2. The topological polar surface area (TPSA) is 106 Å². The van der Waals surface area contributed by atoms with Gasteiger partial charge < -0.3 is 19.9 Å². The molecule has 2 amide bonds. The number of benzene rings is 1. The molecule has 1 aromatic carbocycles. The van der Waals surface area contributed by atoms with Crippen molar-refractivity contribution in [1.29, 1.82) is 0 Å². The molecule has 2 N–H and O–H groups in total. The maximum Gasteiger partial charge on any atom is 0.265 e. The van der Waals surface area contributed by atoms with Crippen molar-refractivity contribution in [2.24, 2.45) is 0 Å². The van der Waals surface area contributed by atoms with Gasteiger partial charge in [0.1, 0.15) is 5.75 Å². The molecule has 0 spiro atoms. The highest BCUT2D eigenvalue weighted by molar-refractivity contribution is 6.12. The minimum atomic E-state index is -0.546. The van der Waals surface area contributed by atoms with E-state index < -0.39 is 6.10 Å². The molecule has 142 valence electrons. The molecule has 0 saturated heterocycles. The second-order valence-electron chi connectivity index (χ2n) is 7.23. The summed E-state index contributed by atoms with van der Waals surface area (Å²) in [5.74, 6) is 0.444. The smallest absolute Gasteiger partial charge is 0.265 e. The average molecular weight is 378 g/mol. The first-order valence-corrected chi connectivity index (χ1v) is 9.19. The molecule has 3 aromatic rings. The van der Waals surface area contributed by atoms with Gasteiger partial charge in [-0.2, -0.15) is 0 Å². The predicted molar refractivity (Wildman–Crippen MR) is 102 cm³/mol. The van der Waals surface area contributed by atoms with Gasteiger partial charge in [0.2, 0.25) is 0 Å². The zero-order chi connectivity index (χ0) is 19.4. The molecule has 0 unspecified atom stereocenters. The van der Waals surface area contributed by atoms with Gasteiger partial charge in [0.25, 0.3) is 17.5 Å². The number of carbonyl (C=O) groups is 2. The van der Waals surface area contributed by atoms with E-state index in [0.29, 0.717) is 45.4 Å². The number of fused-ring (bicyclic) bond motifs is 2. The maximum atomic E-state index is 13.0. The van der Waals surface area contributed by atoms with Gasteiger partial charge in [-0.25, -0.2) is 4.98 Å². The first-order chi connectivity index (χ1) is 13.5. The van der Waals surface area contributed by atoms with Crippen molar-refractivity contribution in [1.82, 2.24) is 10.1 Å². The van der Waals surface area contributed by atoms with Crippen molar-refractivity contribution < 1.29 is 18.8 Å². The lowest BCUT2D eigenvalue weighted by Gasteiger charge is -2.23. The van der Waals surface area contributed by atoms with E-state index in [1.54, 1.807) is 32.0 Å². The van der Waals surface area contributed by atoms with Gasteiger partial charge in [0, 0.05) is 17.3 Å². The summed E-state index contributed by atoms with van der Waals surface area (Å²) in [5, 5.41) is 10.2. The number of nitrogens with one attached hydrogen (secondary N) is 2. The number of aryl methyl sites for hydroxylation is 1. The second-order valence-corrected chi connectivity index (χ2v) is 7.23. The van der Waals surface area contributed by atoms with E-state index in [0.717, 1.165) is 18.5 Å². The van der Waals surface area contributed by atoms with E-state index in [1.807, 2.05) is 6.07 Å². The number of anilines is 2. The van der Waals surface area contributed by atoms with Crippen LogP contribution >= 0.6 is 0 Å². The van der Waals surface area contributed by atoms with E-state index in [2.05, 4.69) is 20.8 Å². The highest BCUT2D eigenvalue weighted by atomic mass is 16.5. The number of hydrogen-bond acceptors (Lipinski definition) is 6. The largest absolute Gasteiger partial charge is 0.479 e. The van der Waals surface area contributed by atoms with Gasteiger partial charge >= 0.3 is 0 Å². The molecular weight excluding hydrogens is 360 g/mol. The summed E-state index contributed by atoms with van der Waals surface area (Å²) in [6, 6.07) is 6.97. The summed E-state index contributed by atoms with van der Waals surface area (Å²) in [6.07, 6.45) is 1.58. The lowest BCUT2D eigenvalue weighted by atomic mass is 10.1. The zero-order valence-electron chi connectivity index (χ0n) is 15.4. The van der Waals surface area contributed by atoms with E-state index in [9.17, 15) is 9.59 Å². The molecule has 8 nitrogen and oxygen atoms in total. The van der Waals surface area contributed by atoms with Crippen molar-refractivity contribution in [3.8, 4) is 5.75 Å². The quantitative estimate of drug-likeness (QED) is 0.724. The molecule has 2 aliphatic rings. The molecule has 1 fully saturated rings. The normalized spacial score (nSPS) is 18.4. The number of nitrogens with zero attached hydrogens (tertiary/aromatic N) is 2. The van der Waals surface area contributed by atoms with Crippen LogP contribution in [0.25, 0.3) is 11.1 Å². The number of rotatable bonds is 3. The van der Waals surface area contributed by atoms with Crippen LogP contribution in [0.2, 0.25) is 0 Å². The predicted octanol–water partition coefficient (Wildman–Crippen LogP) is 3.38. The van der Waals surface area contributed by atoms with Crippen LogP contribution in [0.1, 0.15) is 47.4 Å². The minimum absolute atomic E-state index is 0.221. The lowest BCUT2D eigenvalue weighted by Crippen LogP contribution is -2.34. The van der Waals surface area contributed by atoms with Crippen LogP contribution in [0.3, 0.4) is 0 Å². The average Bonchev–Trinajstić information content (AvgIpc) is 3.46. The number of amides is 2. The molecule has 0 radical (unpaired) electrons. The molecule has 8 heteroatoms. The number of pyridine rings is 1. The fourth-order valence-electron chi connectivity index (χ4n) is 3.37. The van der Waals surface area contributed by atoms with Gasteiger partial charge in [-0.1, -0.05) is 5.16 Å². The van der Waals surface area contributed by atoms with E-state index in [4.69, 9.17) is 9.26 Å². The molecule has 1 atom stereocenters. The zero-order valence-corrected chi connectivity index (χ0v) is 15.4. The van der Waals surface area contributed by atoms with E-state index in [-0.39, 0.29) is 11.8 Å². The SMILES string of the molecule is Cc1noc2nc(C3CC3)cc(C(=O)Nc3ccc4c(c3)NC(=O)[C@H](C)O4)c12. The van der Waals surface area contributed by atoms with Gasteiger partial charge in [-0.15, -0.1) is 0 Å². The van der Waals surface area contributed by atoms with Gasteiger partial charge in [0.15, 0.2) is 6.10 Å². The monoisotopic (exact) mass is 378 g/mol. The van der Waals surface area contributed by atoms with E-state index >= 15 is 0 Å². The molecule has 28 heavy (non-hydrogen) atoms. The molecular formula is C20H18N4O4. The Hall–Kier alpha value is -3.42. The van der Waals surface area contributed by atoms with Crippen LogP contribution in [0.5, 0.6) is 5.75 Å². The lowest BCUT2D eigenvalue weighted by molar-refractivity contribution is -0.122. The highest BCUT2D eigenvalue weighted by Gasteiger charge is 2.29. The van der Waals surface area contributed by atoms with Crippen molar-refractivity contribution in [3.05, 3.63) is 41.2 Å². The molecule has 2 aromatic heterocycles. The Bertz CT molecular complexity index is 1130. The Morgan fingerprint density at radius 3 is 2.89 bits per heavy atom. The molecule has 1 aliphatic heterocycles.